The predicted molar refractivity (Wildman–Crippen MR) is 55.8 cm³/mol. The number of aromatic nitrogens is 3. The summed E-state index contributed by atoms with van der Waals surface area (Å²) in [5.74, 6) is 0.868. The Balaban J connectivity index is 2.28. The second-order valence-electron chi connectivity index (χ2n) is 2.67. The molecule has 6 heteroatoms. The number of ether oxygens (including phenoxy) is 1. The van der Waals surface area contributed by atoms with Crippen LogP contribution in [0.5, 0.6) is 11.6 Å². The first-order chi connectivity index (χ1) is 7.25. The highest BCUT2D eigenvalue weighted by Crippen LogP contribution is 2.25. The molecule has 0 saturated heterocycles. The van der Waals surface area contributed by atoms with E-state index in [-0.39, 0.29) is 11.8 Å². The van der Waals surface area contributed by atoms with Gasteiger partial charge in [-0.3, -0.25) is 4.98 Å². The summed E-state index contributed by atoms with van der Waals surface area (Å²) in [6, 6.07) is 3.48. The molecule has 0 atom stereocenters. The SMILES string of the molecule is Nc1ncc(Cl)c(Oc2cccnc2)n1. The van der Waals surface area contributed by atoms with E-state index in [1.807, 2.05) is 0 Å². The molecule has 76 valence electrons. The van der Waals surface area contributed by atoms with Crippen LogP contribution in [-0.2, 0) is 0 Å². The Morgan fingerprint density at radius 3 is 2.93 bits per heavy atom. The van der Waals surface area contributed by atoms with Crippen molar-refractivity contribution in [2.45, 2.75) is 0 Å². The normalized spacial score (nSPS) is 9.93. The Morgan fingerprint density at radius 2 is 2.20 bits per heavy atom. The van der Waals surface area contributed by atoms with Gasteiger partial charge in [-0.15, -0.1) is 0 Å². The average molecular weight is 223 g/mol. The highest BCUT2D eigenvalue weighted by molar-refractivity contribution is 6.31. The second kappa shape index (κ2) is 4.10. The standard InChI is InChI=1S/C9H7ClN4O/c10-7-5-13-9(11)14-8(7)15-6-2-1-3-12-4-6/h1-5H,(H2,11,13,14). The van der Waals surface area contributed by atoms with E-state index in [4.69, 9.17) is 22.1 Å². The third-order valence-corrected chi connectivity index (χ3v) is 1.84. The Bertz CT molecular complexity index is 463. The number of hydrogen-bond acceptors (Lipinski definition) is 5. The molecule has 0 aliphatic heterocycles. The van der Waals surface area contributed by atoms with Crippen molar-refractivity contribution in [1.82, 2.24) is 15.0 Å². The van der Waals surface area contributed by atoms with Gasteiger partial charge < -0.3 is 10.5 Å². The molecule has 2 N–H and O–H groups in total. The van der Waals surface area contributed by atoms with Crippen LogP contribution in [-0.4, -0.2) is 15.0 Å². The van der Waals surface area contributed by atoms with Gasteiger partial charge >= 0.3 is 0 Å². The number of pyridine rings is 1. The molecule has 2 rings (SSSR count). The third-order valence-electron chi connectivity index (χ3n) is 1.58. The average Bonchev–Trinajstić information content (AvgIpc) is 2.25. The molecule has 0 saturated carbocycles. The van der Waals surface area contributed by atoms with Crippen LogP contribution >= 0.6 is 11.6 Å². The Kier molecular flexibility index (Phi) is 2.64. The van der Waals surface area contributed by atoms with E-state index in [0.717, 1.165) is 0 Å². The van der Waals surface area contributed by atoms with Crippen molar-refractivity contribution in [3.63, 3.8) is 0 Å². The molecule has 0 unspecified atom stereocenters. The maximum atomic E-state index is 5.82. The van der Waals surface area contributed by atoms with Gasteiger partial charge in [-0.25, -0.2) is 4.98 Å². The Morgan fingerprint density at radius 1 is 1.33 bits per heavy atom. The molecule has 15 heavy (non-hydrogen) atoms. The van der Waals surface area contributed by atoms with E-state index in [9.17, 15) is 0 Å². The predicted octanol–water partition coefficient (Wildman–Crippen LogP) is 1.90. The first-order valence-corrected chi connectivity index (χ1v) is 4.49. The van der Waals surface area contributed by atoms with Crippen LogP contribution < -0.4 is 10.5 Å². The van der Waals surface area contributed by atoms with Crippen LogP contribution in [0, 0.1) is 0 Å². The molecule has 2 heterocycles. The zero-order valence-corrected chi connectivity index (χ0v) is 8.35. The number of halogens is 1. The first kappa shape index (κ1) is 9.67. The fourth-order valence-electron chi connectivity index (χ4n) is 0.955. The van der Waals surface area contributed by atoms with Crippen molar-refractivity contribution in [3.05, 3.63) is 35.7 Å². The number of anilines is 1. The lowest BCUT2D eigenvalue weighted by Crippen LogP contribution is -1.97. The number of nitrogen functional groups attached to an aromatic ring is 1. The van der Waals surface area contributed by atoms with E-state index in [1.54, 1.807) is 24.5 Å². The minimum atomic E-state index is 0.110. The zero-order chi connectivity index (χ0) is 10.7. The lowest BCUT2D eigenvalue weighted by Gasteiger charge is -2.05. The van der Waals surface area contributed by atoms with Gasteiger partial charge in [0.05, 0.1) is 12.4 Å². The third kappa shape index (κ3) is 2.32. The minimum Gasteiger partial charge on any atom is -0.436 e. The van der Waals surface area contributed by atoms with Gasteiger partial charge in [0.25, 0.3) is 0 Å². The molecule has 2 aromatic rings. The molecule has 0 fully saturated rings. The van der Waals surface area contributed by atoms with E-state index < -0.39 is 0 Å². The van der Waals surface area contributed by atoms with Crippen molar-refractivity contribution in [3.8, 4) is 11.6 Å². The van der Waals surface area contributed by atoms with Crippen LogP contribution in [0.25, 0.3) is 0 Å². The summed E-state index contributed by atoms with van der Waals surface area (Å²) in [6.07, 6.45) is 4.58. The van der Waals surface area contributed by atoms with Crippen molar-refractivity contribution >= 4 is 17.5 Å². The number of nitrogens with zero attached hydrogens (tertiary/aromatic N) is 3. The van der Waals surface area contributed by atoms with Gasteiger partial charge in [0.15, 0.2) is 0 Å². The van der Waals surface area contributed by atoms with Crippen molar-refractivity contribution in [2.75, 3.05) is 5.73 Å². The largest absolute Gasteiger partial charge is 0.436 e. The molecule has 0 radical (unpaired) electrons. The summed E-state index contributed by atoms with van der Waals surface area (Å²) in [4.78, 5) is 11.5. The maximum Gasteiger partial charge on any atom is 0.243 e. The Labute approximate surface area is 90.9 Å². The number of hydrogen-bond donors (Lipinski definition) is 1. The quantitative estimate of drug-likeness (QED) is 0.840. The highest BCUT2D eigenvalue weighted by Gasteiger charge is 2.05. The maximum absolute atomic E-state index is 5.82. The van der Waals surface area contributed by atoms with E-state index in [0.29, 0.717) is 10.8 Å². The van der Waals surface area contributed by atoms with Gasteiger partial charge in [-0.2, -0.15) is 4.98 Å². The molecule has 0 bridgehead atoms. The fourth-order valence-corrected chi connectivity index (χ4v) is 1.08. The molecular formula is C9H7ClN4O. The lowest BCUT2D eigenvalue weighted by atomic mass is 10.5. The summed E-state index contributed by atoms with van der Waals surface area (Å²) in [5, 5.41) is 0.299. The molecule has 0 aliphatic carbocycles. The molecule has 0 spiro atoms. The van der Waals surface area contributed by atoms with E-state index in [1.165, 1.54) is 6.20 Å². The summed E-state index contributed by atoms with van der Waals surface area (Å²) in [5.41, 5.74) is 5.40. The van der Waals surface area contributed by atoms with E-state index >= 15 is 0 Å². The van der Waals surface area contributed by atoms with Crippen molar-refractivity contribution < 1.29 is 4.74 Å². The van der Waals surface area contributed by atoms with Crippen molar-refractivity contribution in [2.24, 2.45) is 0 Å². The van der Waals surface area contributed by atoms with Gasteiger partial charge in [0, 0.05) is 6.20 Å². The summed E-state index contributed by atoms with van der Waals surface area (Å²) in [7, 11) is 0. The van der Waals surface area contributed by atoms with Crippen LogP contribution in [0.15, 0.2) is 30.7 Å². The van der Waals surface area contributed by atoms with Crippen molar-refractivity contribution in [1.29, 1.82) is 0 Å². The van der Waals surface area contributed by atoms with Gasteiger partial charge in [-0.1, -0.05) is 11.6 Å². The zero-order valence-electron chi connectivity index (χ0n) is 7.59. The topological polar surface area (TPSA) is 73.9 Å². The molecular weight excluding hydrogens is 216 g/mol. The lowest BCUT2D eigenvalue weighted by molar-refractivity contribution is 0.460. The monoisotopic (exact) mass is 222 g/mol. The van der Waals surface area contributed by atoms with Crippen LogP contribution in [0.3, 0.4) is 0 Å². The van der Waals surface area contributed by atoms with Gasteiger partial charge in [-0.05, 0) is 12.1 Å². The van der Waals surface area contributed by atoms with Crippen LogP contribution in [0.4, 0.5) is 5.95 Å². The summed E-state index contributed by atoms with van der Waals surface area (Å²) >= 11 is 5.82. The molecule has 2 aromatic heterocycles. The number of nitrogens with two attached hydrogens (primary N) is 1. The Hall–Kier alpha value is -1.88. The van der Waals surface area contributed by atoms with Crippen LogP contribution in [0.1, 0.15) is 0 Å². The molecule has 5 nitrogen and oxygen atoms in total. The highest BCUT2D eigenvalue weighted by atomic mass is 35.5. The van der Waals surface area contributed by atoms with E-state index in [2.05, 4.69) is 15.0 Å². The molecule has 0 amide bonds. The fraction of sp³-hybridized carbons (Fsp3) is 0. The molecule has 0 aromatic carbocycles. The smallest absolute Gasteiger partial charge is 0.243 e. The second-order valence-corrected chi connectivity index (χ2v) is 3.08. The number of rotatable bonds is 2. The first-order valence-electron chi connectivity index (χ1n) is 4.11. The minimum absolute atomic E-state index is 0.110. The van der Waals surface area contributed by atoms with Gasteiger partial charge in [0.2, 0.25) is 11.8 Å². The van der Waals surface area contributed by atoms with Gasteiger partial charge in [0.1, 0.15) is 10.8 Å². The summed E-state index contributed by atoms with van der Waals surface area (Å²) in [6.45, 7) is 0. The molecule has 0 aliphatic rings. The summed E-state index contributed by atoms with van der Waals surface area (Å²) < 4.78 is 5.36. The van der Waals surface area contributed by atoms with Crippen LogP contribution in [0.2, 0.25) is 5.02 Å².